The molecular formula is C10H19NS. The fourth-order valence-electron chi connectivity index (χ4n) is 1.25. The number of nitrogens with zero attached hydrogens (tertiary/aromatic N) is 1. The second kappa shape index (κ2) is 4.93. The molecule has 0 saturated carbocycles. The van der Waals surface area contributed by atoms with Crippen molar-refractivity contribution in [2.75, 3.05) is 31.1 Å². The van der Waals surface area contributed by atoms with Crippen LogP contribution in [0.5, 0.6) is 0 Å². The molecule has 1 fully saturated rings. The Kier molecular flexibility index (Phi) is 4.16. The van der Waals surface area contributed by atoms with Crippen LogP contribution < -0.4 is 0 Å². The SMILES string of the molecule is CC(C)=C(C)CN1CCSCC1. The van der Waals surface area contributed by atoms with Crippen molar-refractivity contribution in [1.29, 1.82) is 0 Å². The molecule has 0 aromatic rings. The Hall–Kier alpha value is 0.0500. The van der Waals surface area contributed by atoms with Crippen LogP contribution >= 0.6 is 11.8 Å². The third-order valence-electron chi connectivity index (χ3n) is 2.42. The number of rotatable bonds is 2. The molecule has 1 nitrogen and oxygen atoms in total. The minimum absolute atomic E-state index is 1.18. The second-order valence-electron chi connectivity index (χ2n) is 3.67. The number of hydrogen-bond acceptors (Lipinski definition) is 2. The molecule has 0 aromatic heterocycles. The summed E-state index contributed by atoms with van der Waals surface area (Å²) >= 11 is 2.08. The van der Waals surface area contributed by atoms with Gasteiger partial charge in [-0.2, -0.15) is 11.8 Å². The van der Waals surface area contributed by atoms with E-state index in [1.54, 1.807) is 5.57 Å². The molecule has 0 aromatic carbocycles. The summed E-state index contributed by atoms with van der Waals surface area (Å²) in [6.45, 7) is 10.4. The maximum atomic E-state index is 2.55. The van der Waals surface area contributed by atoms with E-state index in [0.717, 1.165) is 0 Å². The lowest BCUT2D eigenvalue weighted by molar-refractivity contribution is 0.327. The van der Waals surface area contributed by atoms with Crippen molar-refractivity contribution in [2.24, 2.45) is 0 Å². The largest absolute Gasteiger partial charge is 0.298 e. The van der Waals surface area contributed by atoms with Crippen LogP contribution in [0.25, 0.3) is 0 Å². The average molecular weight is 185 g/mol. The van der Waals surface area contributed by atoms with Crippen molar-refractivity contribution in [3.63, 3.8) is 0 Å². The van der Waals surface area contributed by atoms with E-state index in [9.17, 15) is 0 Å². The van der Waals surface area contributed by atoms with Crippen LogP contribution in [0.1, 0.15) is 20.8 Å². The van der Waals surface area contributed by atoms with E-state index in [1.807, 2.05) is 0 Å². The molecule has 1 rings (SSSR count). The first-order chi connectivity index (χ1) is 5.70. The van der Waals surface area contributed by atoms with Gasteiger partial charge in [0.1, 0.15) is 0 Å². The molecule has 0 N–H and O–H groups in total. The molecule has 2 heteroatoms. The van der Waals surface area contributed by atoms with Crippen molar-refractivity contribution in [2.45, 2.75) is 20.8 Å². The molecule has 12 heavy (non-hydrogen) atoms. The topological polar surface area (TPSA) is 3.24 Å². The Balaban J connectivity index is 2.34. The normalized spacial score (nSPS) is 19.2. The Morgan fingerprint density at radius 1 is 1.17 bits per heavy atom. The lowest BCUT2D eigenvalue weighted by Gasteiger charge is -2.26. The summed E-state index contributed by atoms with van der Waals surface area (Å²) < 4.78 is 0. The van der Waals surface area contributed by atoms with Crippen LogP contribution in [0.2, 0.25) is 0 Å². The minimum atomic E-state index is 1.18. The van der Waals surface area contributed by atoms with Gasteiger partial charge in [-0.3, -0.25) is 4.90 Å². The Bertz CT molecular complexity index is 165. The zero-order valence-electron chi connectivity index (χ0n) is 8.39. The highest BCUT2D eigenvalue weighted by Crippen LogP contribution is 2.12. The zero-order chi connectivity index (χ0) is 8.97. The minimum Gasteiger partial charge on any atom is -0.298 e. The standard InChI is InChI=1S/C10H19NS/c1-9(2)10(3)8-11-4-6-12-7-5-11/h4-8H2,1-3H3. The van der Waals surface area contributed by atoms with E-state index in [-0.39, 0.29) is 0 Å². The average Bonchev–Trinajstić information content (AvgIpc) is 2.06. The van der Waals surface area contributed by atoms with Gasteiger partial charge >= 0.3 is 0 Å². The maximum absolute atomic E-state index is 2.55. The van der Waals surface area contributed by atoms with Crippen molar-refractivity contribution >= 4 is 11.8 Å². The van der Waals surface area contributed by atoms with Gasteiger partial charge in [-0.25, -0.2) is 0 Å². The van der Waals surface area contributed by atoms with Crippen molar-refractivity contribution < 1.29 is 0 Å². The summed E-state index contributed by atoms with van der Waals surface area (Å²) in [7, 11) is 0. The van der Waals surface area contributed by atoms with E-state index in [0.29, 0.717) is 0 Å². The lowest BCUT2D eigenvalue weighted by Crippen LogP contribution is -2.33. The number of allylic oxidation sites excluding steroid dienone is 1. The summed E-state index contributed by atoms with van der Waals surface area (Å²) in [5.41, 5.74) is 3.02. The number of thioether (sulfide) groups is 1. The summed E-state index contributed by atoms with van der Waals surface area (Å²) in [4.78, 5) is 2.55. The highest BCUT2D eigenvalue weighted by molar-refractivity contribution is 7.99. The fraction of sp³-hybridized carbons (Fsp3) is 0.800. The van der Waals surface area contributed by atoms with Crippen molar-refractivity contribution in [3.05, 3.63) is 11.1 Å². The van der Waals surface area contributed by atoms with Gasteiger partial charge in [0.15, 0.2) is 0 Å². The van der Waals surface area contributed by atoms with Gasteiger partial charge in [0.25, 0.3) is 0 Å². The van der Waals surface area contributed by atoms with Crippen LogP contribution in [-0.4, -0.2) is 36.0 Å². The van der Waals surface area contributed by atoms with E-state index in [2.05, 4.69) is 37.4 Å². The first kappa shape index (κ1) is 10.1. The molecule has 0 unspecified atom stereocenters. The summed E-state index contributed by atoms with van der Waals surface area (Å²) in [6, 6.07) is 0. The smallest absolute Gasteiger partial charge is 0.0193 e. The first-order valence-corrected chi connectivity index (χ1v) is 5.78. The quantitative estimate of drug-likeness (QED) is 0.608. The van der Waals surface area contributed by atoms with E-state index < -0.39 is 0 Å². The molecule has 0 aliphatic carbocycles. The Labute approximate surface area is 80.2 Å². The van der Waals surface area contributed by atoms with Gasteiger partial charge in [-0.05, 0) is 20.8 Å². The zero-order valence-corrected chi connectivity index (χ0v) is 9.21. The molecule has 0 atom stereocenters. The Morgan fingerprint density at radius 3 is 2.25 bits per heavy atom. The van der Waals surface area contributed by atoms with Gasteiger partial charge in [0.2, 0.25) is 0 Å². The monoisotopic (exact) mass is 185 g/mol. The van der Waals surface area contributed by atoms with Crippen molar-refractivity contribution in [1.82, 2.24) is 4.90 Å². The summed E-state index contributed by atoms with van der Waals surface area (Å²) in [5, 5.41) is 0. The van der Waals surface area contributed by atoms with Crippen LogP contribution in [0, 0.1) is 0 Å². The molecule has 1 saturated heterocycles. The highest BCUT2D eigenvalue weighted by Gasteiger charge is 2.10. The maximum Gasteiger partial charge on any atom is 0.0193 e. The van der Waals surface area contributed by atoms with E-state index in [4.69, 9.17) is 0 Å². The third kappa shape index (κ3) is 3.20. The molecule has 70 valence electrons. The predicted octanol–water partition coefficient (Wildman–Crippen LogP) is 2.39. The van der Waals surface area contributed by atoms with Crippen LogP contribution in [0.15, 0.2) is 11.1 Å². The van der Waals surface area contributed by atoms with Crippen LogP contribution in [0.3, 0.4) is 0 Å². The molecule has 1 aliphatic rings. The molecule has 0 amide bonds. The third-order valence-corrected chi connectivity index (χ3v) is 3.36. The number of hydrogen-bond donors (Lipinski definition) is 0. The molecule has 0 bridgehead atoms. The molecule has 0 spiro atoms. The summed E-state index contributed by atoms with van der Waals surface area (Å²) in [6.07, 6.45) is 0. The second-order valence-corrected chi connectivity index (χ2v) is 4.89. The lowest BCUT2D eigenvalue weighted by atomic mass is 10.1. The molecule has 1 heterocycles. The van der Waals surface area contributed by atoms with Gasteiger partial charge in [0, 0.05) is 31.1 Å². The fourth-order valence-corrected chi connectivity index (χ4v) is 2.23. The van der Waals surface area contributed by atoms with Crippen LogP contribution in [-0.2, 0) is 0 Å². The molecule has 0 radical (unpaired) electrons. The van der Waals surface area contributed by atoms with E-state index >= 15 is 0 Å². The Morgan fingerprint density at radius 2 is 1.75 bits per heavy atom. The van der Waals surface area contributed by atoms with Gasteiger partial charge < -0.3 is 0 Å². The first-order valence-electron chi connectivity index (χ1n) is 4.63. The van der Waals surface area contributed by atoms with Crippen LogP contribution in [0.4, 0.5) is 0 Å². The molecular weight excluding hydrogens is 166 g/mol. The summed E-state index contributed by atoms with van der Waals surface area (Å²) in [5.74, 6) is 2.63. The van der Waals surface area contributed by atoms with Gasteiger partial charge in [-0.15, -0.1) is 0 Å². The predicted molar refractivity (Wildman–Crippen MR) is 57.8 cm³/mol. The van der Waals surface area contributed by atoms with Crippen molar-refractivity contribution in [3.8, 4) is 0 Å². The van der Waals surface area contributed by atoms with E-state index in [1.165, 1.54) is 36.7 Å². The van der Waals surface area contributed by atoms with Gasteiger partial charge in [0.05, 0.1) is 0 Å². The highest BCUT2D eigenvalue weighted by atomic mass is 32.2. The molecule has 1 aliphatic heterocycles. The van der Waals surface area contributed by atoms with Gasteiger partial charge in [-0.1, -0.05) is 11.1 Å².